The third kappa shape index (κ3) is 8.77. The number of benzene rings is 1. The summed E-state index contributed by atoms with van der Waals surface area (Å²) in [5.41, 5.74) is 2.20. The van der Waals surface area contributed by atoms with Crippen LogP contribution < -0.4 is 16.0 Å². The highest BCUT2D eigenvalue weighted by molar-refractivity contribution is 7.12. The van der Waals surface area contributed by atoms with E-state index in [1.807, 2.05) is 26.0 Å². The average molecular weight is 568 g/mol. The summed E-state index contributed by atoms with van der Waals surface area (Å²) in [6.45, 7) is 7.72. The normalized spacial score (nSPS) is 11.6. The number of carbonyl (C=O) groups excluding carboxylic acids is 3. The number of nitrogens with zero attached hydrogens (tertiary/aromatic N) is 2. The van der Waals surface area contributed by atoms with Crippen molar-refractivity contribution in [2.24, 2.45) is 0 Å². The van der Waals surface area contributed by atoms with Gasteiger partial charge in [-0.25, -0.2) is 14.8 Å². The fourth-order valence-corrected chi connectivity index (χ4v) is 4.78. The van der Waals surface area contributed by atoms with Gasteiger partial charge in [-0.2, -0.15) is 0 Å². The second kappa shape index (κ2) is 15.0. The molecular weight excluding hydrogens is 530 g/mol. The number of amides is 2. The van der Waals surface area contributed by atoms with E-state index in [1.54, 1.807) is 43.5 Å². The number of carbonyl (C=O) groups is 3. The first-order valence-corrected chi connectivity index (χ1v) is 14.3. The molecule has 2 heterocycles. The molecule has 0 fully saturated rings. The fourth-order valence-electron chi connectivity index (χ4n) is 4.14. The zero-order valence-electron chi connectivity index (χ0n) is 23.3. The monoisotopic (exact) mass is 567 g/mol. The van der Waals surface area contributed by atoms with Crippen molar-refractivity contribution in [3.05, 3.63) is 69.2 Å². The Bertz CT molecular complexity index is 1270. The molecule has 0 saturated carbocycles. The zero-order chi connectivity index (χ0) is 29.1. The molecule has 0 saturated heterocycles. The predicted octanol–water partition coefficient (Wildman–Crippen LogP) is 4.17. The van der Waals surface area contributed by atoms with Gasteiger partial charge in [-0.3, -0.25) is 9.59 Å². The maximum Gasteiger partial charge on any atom is 0.330 e. The largest absolute Gasteiger partial charge is 0.508 e. The summed E-state index contributed by atoms with van der Waals surface area (Å²) in [6.07, 6.45) is 2.56. The molecule has 40 heavy (non-hydrogen) atoms. The van der Waals surface area contributed by atoms with Crippen LogP contribution in [0.1, 0.15) is 70.1 Å². The van der Waals surface area contributed by atoms with E-state index in [4.69, 9.17) is 4.74 Å². The SMILES string of the molecule is CCC(CC)OC(=O)C(CNC(=O)c1cccs1)NC(=O)c1c(C)nc(NCCCc2cccc(O)c2)nc1C. The number of hydrogen-bond donors (Lipinski definition) is 4. The first kappa shape index (κ1) is 30.6. The molecule has 0 bridgehead atoms. The molecular formula is C29H37N5O5S. The van der Waals surface area contributed by atoms with Crippen LogP contribution in [0.5, 0.6) is 5.75 Å². The van der Waals surface area contributed by atoms with Crippen LogP contribution in [0, 0.1) is 13.8 Å². The third-order valence-electron chi connectivity index (χ3n) is 6.33. The Morgan fingerprint density at radius 3 is 2.38 bits per heavy atom. The van der Waals surface area contributed by atoms with Gasteiger partial charge in [0.05, 0.1) is 21.8 Å². The number of hydrogen-bond acceptors (Lipinski definition) is 9. The summed E-state index contributed by atoms with van der Waals surface area (Å²) in [7, 11) is 0. The van der Waals surface area contributed by atoms with Crippen LogP contribution in [0.3, 0.4) is 0 Å². The van der Waals surface area contributed by atoms with Gasteiger partial charge < -0.3 is 25.8 Å². The smallest absolute Gasteiger partial charge is 0.330 e. The van der Waals surface area contributed by atoms with Crippen LogP contribution in [-0.4, -0.2) is 58.1 Å². The summed E-state index contributed by atoms with van der Waals surface area (Å²) < 4.78 is 5.59. The summed E-state index contributed by atoms with van der Waals surface area (Å²) in [6, 6.07) is 9.50. The molecule has 10 nitrogen and oxygen atoms in total. The standard InChI is InChI=1S/C29H37N5O5S/c1-5-22(6-2)39-28(38)23(17-31-26(36)24-13-9-15-40-24)34-27(37)25-18(3)32-29(33-19(25)4)30-14-8-11-20-10-7-12-21(35)16-20/h7,9-10,12-13,15-16,22-23,35H,5-6,8,11,14,17H2,1-4H3,(H,31,36)(H,34,37)(H,30,32,33). The van der Waals surface area contributed by atoms with Crippen molar-refractivity contribution in [2.75, 3.05) is 18.4 Å². The molecule has 0 aliphatic rings. The topological polar surface area (TPSA) is 143 Å². The fraction of sp³-hybridized carbons (Fsp3) is 0.414. The molecule has 214 valence electrons. The van der Waals surface area contributed by atoms with Crippen molar-refractivity contribution in [2.45, 2.75) is 65.5 Å². The van der Waals surface area contributed by atoms with Gasteiger partial charge in [-0.05, 0) is 68.7 Å². The van der Waals surface area contributed by atoms with E-state index in [0.29, 0.717) is 41.6 Å². The Hall–Kier alpha value is -3.99. The van der Waals surface area contributed by atoms with E-state index < -0.39 is 17.9 Å². The van der Waals surface area contributed by atoms with Crippen molar-refractivity contribution in [3.8, 4) is 5.75 Å². The van der Waals surface area contributed by atoms with E-state index in [1.165, 1.54) is 11.3 Å². The van der Waals surface area contributed by atoms with E-state index in [2.05, 4.69) is 25.9 Å². The molecule has 0 aliphatic heterocycles. The first-order chi connectivity index (χ1) is 19.2. The predicted molar refractivity (Wildman–Crippen MR) is 155 cm³/mol. The van der Waals surface area contributed by atoms with Gasteiger partial charge in [-0.1, -0.05) is 32.0 Å². The van der Waals surface area contributed by atoms with Gasteiger partial charge in [0, 0.05) is 13.1 Å². The van der Waals surface area contributed by atoms with Gasteiger partial charge in [0.2, 0.25) is 5.95 Å². The Morgan fingerprint density at radius 2 is 1.75 bits per heavy atom. The first-order valence-electron chi connectivity index (χ1n) is 13.4. The van der Waals surface area contributed by atoms with Gasteiger partial charge >= 0.3 is 5.97 Å². The average Bonchev–Trinajstić information content (AvgIpc) is 3.47. The van der Waals surface area contributed by atoms with Crippen LogP contribution >= 0.6 is 11.3 Å². The quantitative estimate of drug-likeness (QED) is 0.168. The third-order valence-corrected chi connectivity index (χ3v) is 7.20. The van der Waals surface area contributed by atoms with E-state index in [-0.39, 0.29) is 29.9 Å². The number of thiophene rings is 1. The van der Waals surface area contributed by atoms with Gasteiger partial charge in [0.15, 0.2) is 0 Å². The van der Waals surface area contributed by atoms with E-state index >= 15 is 0 Å². The molecule has 2 aromatic heterocycles. The van der Waals surface area contributed by atoms with Crippen molar-refractivity contribution in [3.63, 3.8) is 0 Å². The Balaban J connectivity index is 1.65. The van der Waals surface area contributed by atoms with Crippen LogP contribution in [0.25, 0.3) is 0 Å². The molecule has 0 aliphatic carbocycles. The van der Waals surface area contributed by atoms with Crippen molar-refractivity contribution in [1.29, 1.82) is 0 Å². The number of nitrogens with one attached hydrogen (secondary N) is 3. The number of aryl methyl sites for hydroxylation is 3. The maximum atomic E-state index is 13.3. The maximum absolute atomic E-state index is 13.3. The second-order valence-corrected chi connectivity index (χ2v) is 10.3. The summed E-state index contributed by atoms with van der Waals surface area (Å²) >= 11 is 1.28. The highest BCUT2D eigenvalue weighted by Crippen LogP contribution is 2.15. The molecule has 1 unspecified atom stereocenters. The minimum absolute atomic E-state index is 0.126. The number of phenols is 1. The second-order valence-electron chi connectivity index (χ2n) is 9.38. The molecule has 2 amide bonds. The summed E-state index contributed by atoms with van der Waals surface area (Å²) in [5.74, 6) is -0.836. The number of ether oxygens (including phenoxy) is 1. The zero-order valence-corrected chi connectivity index (χ0v) is 24.1. The lowest BCUT2D eigenvalue weighted by Gasteiger charge is -2.22. The Kier molecular flexibility index (Phi) is 11.4. The Morgan fingerprint density at radius 1 is 1.02 bits per heavy atom. The minimum atomic E-state index is -1.09. The molecule has 3 aromatic rings. The van der Waals surface area contributed by atoms with Crippen LogP contribution in [-0.2, 0) is 16.0 Å². The highest BCUT2D eigenvalue weighted by Gasteiger charge is 2.27. The lowest BCUT2D eigenvalue weighted by atomic mass is 10.1. The number of phenolic OH excluding ortho intramolecular Hbond substituents is 1. The molecule has 4 N–H and O–H groups in total. The Labute approximate surface area is 238 Å². The van der Waals surface area contributed by atoms with Crippen LogP contribution in [0.15, 0.2) is 41.8 Å². The minimum Gasteiger partial charge on any atom is -0.508 e. The molecule has 1 atom stereocenters. The molecule has 0 radical (unpaired) electrons. The lowest BCUT2D eigenvalue weighted by Crippen LogP contribution is -2.50. The van der Waals surface area contributed by atoms with Gasteiger partial charge in [-0.15, -0.1) is 11.3 Å². The van der Waals surface area contributed by atoms with Crippen molar-refractivity contribution >= 4 is 35.1 Å². The highest BCUT2D eigenvalue weighted by atomic mass is 32.1. The van der Waals surface area contributed by atoms with Gasteiger partial charge in [0.1, 0.15) is 17.9 Å². The summed E-state index contributed by atoms with van der Waals surface area (Å²) in [5, 5.41) is 20.0. The van der Waals surface area contributed by atoms with E-state index in [0.717, 1.165) is 18.4 Å². The molecule has 1 aromatic carbocycles. The molecule has 0 spiro atoms. The van der Waals surface area contributed by atoms with Crippen molar-refractivity contribution < 1.29 is 24.2 Å². The lowest BCUT2D eigenvalue weighted by molar-refractivity contribution is -0.151. The van der Waals surface area contributed by atoms with Crippen LogP contribution in [0.2, 0.25) is 0 Å². The summed E-state index contributed by atoms with van der Waals surface area (Å²) in [4.78, 5) is 48.1. The number of aromatic nitrogens is 2. The number of esters is 1. The molecule has 11 heteroatoms. The van der Waals surface area contributed by atoms with E-state index in [9.17, 15) is 19.5 Å². The number of aromatic hydroxyl groups is 1. The van der Waals surface area contributed by atoms with Gasteiger partial charge in [0.25, 0.3) is 11.8 Å². The van der Waals surface area contributed by atoms with Crippen LogP contribution in [0.4, 0.5) is 5.95 Å². The van der Waals surface area contributed by atoms with Crippen molar-refractivity contribution in [1.82, 2.24) is 20.6 Å². The number of rotatable bonds is 14. The number of anilines is 1. The molecule has 3 rings (SSSR count).